The van der Waals surface area contributed by atoms with E-state index in [-0.39, 0.29) is 0 Å². The van der Waals surface area contributed by atoms with Gasteiger partial charge in [-0.25, -0.2) is 0 Å². The van der Waals surface area contributed by atoms with Crippen molar-refractivity contribution in [3.05, 3.63) is 11.6 Å². The van der Waals surface area contributed by atoms with Gasteiger partial charge in [0.2, 0.25) is 0 Å². The molecular formula is C12H23N. The van der Waals surface area contributed by atoms with Crippen LogP contribution in [0.3, 0.4) is 0 Å². The summed E-state index contributed by atoms with van der Waals surface area (Å²) in [7, 11) is 0. The Kier molecular flexibility index (Phi) is 3.55. The van der Waals surface area contributed by atoms with Crippen LogP contribution in [0, 0.1) is 5.41 Å². The second-order valence-corrected chi connectivity index (χ2v) is 5.45. The minimum atomic E-state index is 0.441. The predicted molar refractivity (Wildman–Crippen MR) is 58.9 cm³/mol. The summed E-state index contributed by atoms with van der Waals surface area (Å²) in [6.07, 6.45) is 6.23. The highest BCUT2D eigenvalue weighted by Gasteiger charge is 2.12. The normalized spacial score (nSPS) is 28.0. The topological polar surface area (TPSA) is 12.0 Å². The molecule has 1 saturated heterocycles. The zero-order valence-electron chi connectivity index (χ0n) is 9.48. The van der Waals surface area contributed by atoms with Gasteiger partial charge in [-0.15, -0.1) is 0 Å². The first-order chi connectivity index (χ1) is 5.97. The summed E-state index contributed by atoms with van der Waals surface area (Å²) < 4.78 is 0. The summed E-state index contributed by atoms with van der Waals surface area (Å²) in [6.45, 7) is 10.3. The van der Waals surface area contributed by atoms with Gasteiger partial charge in [-0.2, -0.15) is 0 Å². The number of hydrogen-bond acceptors (Lipinski definition) is 1. The van der Waals surface area contributed by atoms with Gasteiger partial charge < -0.3 is 5.32 Å². The molecule has 1 aliphatic heterocycles. The summed E-state index contributed by atoms with van der Waals surface area (Å²) in [5.74, 6) is 0. The largest absolute Gasteiger partial charge is 0.311 e. The molecule has 1 heterocycles. The average molecular weight is 181 g/mol. The third-order valence-corrected chi connectivity index (χ3v) is 2.58. The van der Waals surface area contributed by atoms with Crippen LogP contribution in [0.5, 0.6) is 0 Å². The lowest BCUT2D eigenvalue weighted by atomic mass is 9.89. The molecule has 0 aromatic rings. The Labute approximate surface area is 82.6 Å². The van der Waals surface area contributed by atoms with E-state index in [9.17, 15) is 0 Å². The molecule has 76 valence electrons. The lowest BCUT2D eigenvalue weighted by Gasteiger charge is -2.23. The van der Waals surface area contributed by atoms with Crippen molar-refractivity contribution in [2.75, 3.05) is 6.54 Å². The Hall–Kier alpha value is -0.300. The summed E-state index contributed by atoms with van der Waals surface area (Å²) in [4.78, 5) is 0. The van der Waals surface area contributed by atoms with Crippen LogP contribution in [-0.4, -0.2) is 12.6 Å². The Bertz CT molecular complexity index is 176. The number of hydrogen-bond donors (Lipinski definition) is 1. The molecule has 0 aromatic heterocycles. The lowest BCUT2D eigenvalue weighted by molar-refractivity contribution is 0.415. The molecule has 0 spiro atoms. The highest BCUT2D eigenvalue weighted by Crippen LogP contribution is 2.22. The van der Waals surface area contributed by atoms with Crippen molar-refractivity contribution in [2.24, 2.45) is 5.41 Å². The molecule has 1 unspecified atom stereocenters. The fourth-order valence-corrected chi connectivity index (χ4v) is 1.52. The molecule has 1 rings (SSSR count). The van der Waals surface area contributed by atoms with Crippen LogP contribution >= 0.6 is 0 Å². The quantitative estimate of drug-likeness (QED) is 0.613. The maximum absolute atomic E-state index is 3.50. The average Bonchev–Trinajstić information content (AvgIpc) is 2.02. The fraction of sp³-hybridized carbons (Fsp3) is 0.833. The van der Waals surface area contributed by atoms with Gasteiger partial charge >= 0.3 is 0 Å². The zero-order valence-corrected chi connectivity index (χ0v) is 9.48. The maximum atomic E-state index is 3.50. The van der Waals surface area contributed by atoms with Gasteiger partial charge in [0, 0.05) is 12.6 Å². The molecule has 1 aliphatic rings. The van der Waals surface area contributed by atoms with Crippen molar-refractivity contribution < 1.29 is 0 Å². The summed E-state index contributed by atoms with van der Waals surface area (Å²) in [5.41, 5.74) is 2.05. The molecule has 1 heteroatoms. The first kappa shape index (κ1) is 10.8. The van der Waals surface area contributed by atoms with Crippen molar-refractivity contribution in [2.45, 2.75) is 53.0 Å². The lowest BCUT2D eigenvalue weighted by Crippen LogP contribution is -2.32. The van der Waals surface area contributed by atoms with Crippen LogP contribution in [0.4, 0.5) is 0 Å². The molecule has 1 N–H and O–H groups in total. The highest BCUT2D eigenvalue weighted by molar-refractivity contribution is 5.08. The molecule has 1 nitrogen and oxygen atoms in total. The van der Waals surface area contributed by atoms with Gasteiger partial charge in [0.15, 0.2) is 0 Å². The molecule has 0 radical (unpaired) electrons. The molecule has 0 saturated carbocycles. The van der Waals surface area contributed by atoms with Crippen molar-refractivity contribution in [1.29, 1.82) is 0 Å². The molecule has 0 bridgehead atoms. The van der Waals surface area contributed by atoms with E-state index in [2.05, 4.69) is 39.1 Å². The Balaban J connectivity index is 2.36. The number of piperidine rings is 1. The van der Waals surface area contributed by atoms with Gasteiger partial charge in [-0.3, -0.25) is 0 Å². The molecule has 1 atom stereocenters. The highest BCUT2D eigenvalue weighted by atomic mass is 14.9. The minimum absolute atomic E-state index is 0.441. The van der Waals surface area contributed by atoms with Crippen LogP contribution in [0.25, 0.3) is 0 Å². The van der Waals surface area contributed by atoms with E-state index in [4.69, 9.17) is 0 Å². The first-order valence-corrected chi connectivity index (χ1v) is 5.39. The monoisotopic (exact) mass is 181 g/mol. The van der Waals surface area contributed by atoms with Crippen molar-refractivity contribution in [3.63, 3.8) is 0 Å². The van der Waals surface area contributed by atoms with E-state index >= 15 is 0 Å². The Morgan fingerprint density at radius 2 is 2.15 bits per heavy atom. The summed E-state index contributed by atoms with van der Waals surface area (Å²) >= 11 is 0. The fourth-order valence-electron chi connectivity index (χ4n) is 1.52. The number of allylic oxidation sites excluding steroid dienone is 1. The molecular weight excluding hydrogens is 158 g/mol. The van der Waals surface area contributed by atoms with Crippen LogP contribution in [0.15, 0.2) is 11.6 Å². The molecule has 1 fully saturated rings. The maximum Gasteiger partial charge on any atom is 0.0167 e. The van der Waals surface area contributed by atoms with E-state index in [1.54, 1.807) is 5.57 Å². The zero-order chi connectivity index (χ0) is 9.90. The standard InChI is InChI=1S/C12H23N/c1-10-5-6-11(9-13-10)7-8-12(2,3)4/h7,10,13H,5-6,8-9H2,1-4H3/b11-7-. The molecule has 0 aromatic carbocycles. The summed E-state index contributed by atoms with van der Waals surface area (Å²) in [5, 5.41) is 3.50. The smallest absolute Gasteiger partial charge is 0.0167 e. The van der Waals surface area contributed by atoms with Gasteiger partial charge in [-0.05, 0) is 31.6 Å². The Morgan fingerprint density at radius 1 is 1.46 bits per heavy atom. The minimum Gasteiger partial charge on any atom is -0.311 e. The molecule has 0 amide bonds. The van der Waals surface area contributed by atoms with Crippen LogP contribution < -0.4 is 5.32 Å². The summed E-state index contributed by atoms with van der Waals surface area (Å²) in [6, 6.07) is 0.715. The van der Waals surface area contributed by atoms with E-state index in [1.165, 1.54) is 19.3 Å². The van der Waals surface area contributed by atoms with Crippen molar-refractivity contribution >= 4 is 0 Å². The molecule has 13 heavy (non-hydrogen) atoms. The second kappa shape index (κ2) is 4.28. The predicted octanol–water partition coefficient (Wildman–Crippen LogP) is 3.12. The third kappa shape index (κ3) is 4.47. The first-order valence-electron chi connectivity index (χ1n) is 5.39. The van der Waals surface area contributed by atoms with Gasteiger partial charge in [0.1, 0.15) is 0 Å². The SMILES string of the molecule is CC1CC/C(=C/CC(C)(C)C)CN1. The molecule has 0 aliphatic carbocycles. The van der Waals surface area contributed by atoms with E-state index in [0.29, 0.717) is 11.5 Å². The van der Waals surface area contributed by atoms with Gasteiger partial charge in [-0.1, -0.05) is 32.4 Å². The van der Waals surface area contributed by atoms with Crippen molar-refractivity contribution in [3.8, 4) is 0 Å². The third-order valence-electron chi connectivity index (χ3n) is 2.58. The van der Waals surface area contributed by atoms with E-state index < -0.39 is 0 Å². The van der Waals surface area contributed by atoms with Crippen LogP contribution in [0.2, 0.25) is 0 Å². The second-order valence-electron chi connectivity index (χ2n) is 5.45. The van der Waals surface area contributed by atoms with Gasteiger partial charge in [0.05, 0.1) is 0 Å². The van der Waals surface area contributed by atoms with Gasteiger partial charge in [0.25, 0.3) is 0 Å². The van der Waals surface area contributed by atoms with Crippen molar-refractivity contribution in [1.82, 2.24) is 5.32 Å². The van der Waals surface area contributed by atoms with E-state index in [1.807, 2.05) is 0 Å². The van der Waals surface area contributed by atoms with Crippen LogP contribution in [-0.2, 0) is 0 Å². The number of nitrogens with one attached hydrogen (secondary N) is 1. The van der Waals surface area contributed by atoms with Crippen LogP contribution in [0.1, 0.15) is 47.0 Å². The number of rotatable bonds is 1. The Morgan fingerprint density at radius 3 is 2.62 bits per heavy atom. The van der Waals surface area contributed by atoms with E-state index in [0.717, 1.165) is 6.54 Å².